The molecule has 8 heteroatoms. The summed E-state index contributed by atoms with van der Waals surface area (Å²) in [6.07, 6.45) is 0. The molecule has 2 atom stereocenters. The fourth-order valence-electron chi connectivity index (χ4n) is 3.07. The number of hydrogen-bond acceptors (Lipinski definition) is 4. The maximum absolute atomic E-state index is 12.3. The second-order valence-electron chi connectivity index (χ2n) is 6.23. The van der Waals surface area contributed by atoms with Gasteiger partial charge >= 0.3 is 6.03 Å². The monoisotopic (exact) mass is 396 g/mol. The minimum atomic E-state index is -2.72. The summed E-state index contributed by atoms with van der Waals surface area (Å²) in [5, 5.41) is 6.18. The average molecular weight is 397 g/mol. The lowest BCUT2D eigenvalue weighted by Gasteiger charge is -2.26. The van der Waals surface area contributed by atoms with Crippen molar-refractivity contribution in [2.24, 2.45) is 0 Å². The first-order chi connectivity index (χ1) is 12.4. The molecule has 2 aromatic carbocycles. The first kappa shape index (κ1) is 18.8. The van der Waals surface area contributed by atoms with E-state index >= 15 is 0 Å². The van der Waals surface area contributed by atoms with Crippen molar-refractivity contribution in [3.63, 3.8) is 0 Å². The summed E-state index contributed by atoms with van der Waals surface area (Å²) in [5.41, 5.74) is 1.54. The second-order valence-corrected chi connectivity index (χ2v) is 8.93. The van der Waals surface area contributed by atoms with Gasteiger partial charge in [0.1, 0.15) is 5.75 Å². The standard InChI is InChI=1S/C18H21ClN2O4S/c1-25-15-8-2-12(3-9-15)16-10-26(23,24)11-17(16)21-18(22)20-14-6-4-13(19)5-7-14/h2-9,16-17,23-24H,10-11H2,1H3,(H2,20,21,22). The van der Waals surface area contributed by atoms with E-state index in [0.29, 0.717) is 10.7 Å². The predicted octanol–water partition coefficient (Wildman–Crippen LogP) is 4.39. The maximum Gasteiger partial charge on any atom is 0.319 e. The lowest BCUT2D eigenvalue weighted by atomic mass is 9.94. The highest BCUT2D eigenvalue weighted by atomic mass is 35.5. The number of carbonyl (C=O) groups is 1. The molecule has 0 aliphatic carbocycles. The van der Waals surface area contributed by atoms with Crippen molar-refractivity contribution in [3.8, 4) is 5.75 Å². The molecular weight excluding hydrogens is 376 g/mol. The van der Waals surface area contributed by atoms with Crippen LogP contribution in [-0.4, -0.2) is 39.8 Å². The largest absolute Gasteiger partial charge is 0.497 e. The molecule has 26 heavy (non-hydrogen) atoms. The van der Waals surface area contributed by atoms with Crippen LogP contribution in [0.5, 0.6) is 5.75 Å². The number of rotatable bonds is 4. The van der Waals surface area contributed by atoms with Gasteiger partial charge in [-0.05, 0) is 42.0 Å². The second kappa shape index (κ2) is 7.75. The number of carbonyl (C=O) groups excluding carboxylic acids is 1. The molecule has 1 aliphatic rings. The Labute approximate surface area is 158 Å². The Morgan fingerprint density at radius 1 is 1.12 bits per heavy atom. The number of halogens is 1. The predicted molar refractivity (Wildman–Crippen MR) is 106 cm³/mol. The van der Waals surface area contributed by atoms with Crippen LogP contribution in [-0.2, 0) is 0 Å². The highest BCUT2D eigenvalue weighted by Crippen LogP contribution is 2.51. The molecule has 0 bridgehead atoms. The first-order valence-corrected chi connectivity index (χ1v) is 10.3. The van der Waals surface area contributed by atoms with Gasteiger partial charge in [0.25, 0.3) is 0 Å². The quantitative estimate of drug-likeness (QED) is 0.617. The van der Waals surface area contributed by atoms with Crippen LogP contribution in [0.3, 0.4) is 0 Å². The van der Waals surface area contributed by atoms with Crippen LogP contribution in [0.4, 0.5) is 10.5 Å². The fourth-order valence-corrected chi connectivity index (χ4v) is 5.22. The van der Waals surface area contributed by atoms with Crippen LogP contribution in [0.15, 0.2) is 48.5 Å². The molecule has 6 nitrogen and oxygen atoms in total. The molecule has 0 aromatic heterocycles. The number of amides is 2. The highest BCUT2D eigenvalue weighted by Gasteiger charge is 2.39. The Hall–Kier alpha value is -1.93. The molecule has 2 aromatic rings. The van der Waals surface area contributed by atoms with E-state index in [1.807, 2.05) is 24.3 Å². The Morgan fingerprint density at radius 2 is 1.77 bits per heavy atom. The zero-order valence-electron chi connectivity index (χ0n) is 14.2. The maximum atomic E-state index is 12.3. The molecule has 1 aliphatic heterocycles. The zero-order chi connectivity index (χ0) is 18.7. The lowest BCUT2D eigenvalue weighted by Crippen LogP contribution is -2.41. The van der Waals surface area contributed by atoms with Gasteiger partial charge in [-0.1, -0.05) is 23.7 Å². The van der Waals surface area contributed by atoms with Gasteiger partial charge < -0.3 is 15.4 Å². The molecule has 1 saturated heterocycles. The molecule has 0 radical (unpaired) electrons. The van der Waals surface area contributed by atoms with E-state index in [0.717, 1.165) is 11.3 Å². The normalized spacial score (nSPS) is 22.5. The molecule has 4 N–H and O–H groups in total. The van der Waals surface area contributed by atoms with Crippen LogP contribution >= 0.6 is 22.2 Å². The summed E-state index contributed by atoms with van der Waals surface area (Å²) in [7, 11) is -1.13. The van der Waals surface area contributed by atoms with Crippen LogP contribution in [0.2, 0.25) is 5.02 Å². The zero-order valence-corrected chi connectivity index (χ0v) is 15.8. The van der Waals surface area contributed by atoms with E-state index in [4.69, 9.17) is 16.3 Å². The van der Waals surface area contributed by atoms with Gasteiger partial charge in [-0.2, -0.15) is 10.6 Å². The number of nitrogens with one attached hydrogen (secondary N) is 2. The average Bonchev–Trinajstić information content (AvgIpc) is 2.91. The van der Waals surface area contributed by atoms with Gasteiger partial charge in [0.2, 0.25) is 0 Å². The Kier molecular flexibility index (Phi) is 5.62. The van der Waals surface area contributed by atoms with Crippen molar-refractivity contribution in [3.05, 3.63) is 59.1 Å². The number of hydrogen-bond donors (Lipinski definition) is 4. The van der Waals surface area contributed by atoms with Gasteiger partial charge in [-0.25, -0.2) is 4.79 Å². The number of methoxy groups -OCH3 is 1. The molecule has 0 saturated carbocycles. The van der Waals surface area contributed by atoms with Crippen LogP contribution < -0.4 is 15.4 Å². The molecule has 0 spiro atoms. The third-order valence-electron chi connectivity index (χ3n) is 4.34. The summed E-state index contributed by atoms with van der Waals surface area (Å²) < 4.78 is 25.5. The van der Waals surface area contributed by atoms with Crippen molar-refractivity contribution in [1.29, 1.82) is 0 Å². The topological polar surface area (TPSA) is 90.8 Å². The Morgan fingerprint density at radius 3 is 2.38 bits per heavy atom. The number of urea groups is 1. The third kappa shape index (κ3) is 4.62. The number of benzene rings is 2. The first-order valence-electron chi connectivity index (χ1n) is 8.07. The van der Waals surface area contributed by atoms with Crippen molar-refractivity contribution in [1.82, 2.24) is 5.32 Å². The minimum absolute atomic E-state index is 0.137. The smallest absolute Gasteiger partial charge is 0.319 e. The van der Waals surface area contributed by atoms with Crippen LogP contribution in [0.25, 0.3) is 0 Å². The van der Waals surface area contributed by atoms with Gasteiger partial charge in [0.15, 0.2) is 0 Å². The molecule has 2 unspecified atom stereocenters. The fraction of sp³-hybridized carbons (Fsp3) is 0.278. The van der Waals surface area contributed by atoms with Crippen molar-refractivity contribution >= 4 is 33.9 Å². The van der Waals surface area contributed by atoms with E-state index in [1.165, 1.54) is 0 Å². The van der Waals surface area contributed by atoms with Crippen LogP contribution in [0, 0.1) is 0 Å². The molecule has 140 valence electrons. The molecular formula is C18H21ClN2O4S. The van der Waals surface area contributed by atoms with Crippen molar-refractivity contribution in [2.45, 2.75) is 12.0 Å². The molecule has 2 amide bonds. The van der Waals surface area contributed by atoms with Crippen LogP contribution in [0.1, 0.15) is 11.5 Å². The number of anilines is 1. The van der Waals surface area contributed by atoms with E-state index in [2.05, 4.69) is 10.6 Å². The van der Waals surface area contributed by atoms with Crippen molar-refractivity contribution in [2.75, 3.05) is 23.9 Å². The summed E-state index contributed by atoms with van der Waals surface area (Å²) in [5.74, 6) is 0.911. The van der Waals surface area contributed by atoms with E-state index < -0.39 is 16.6 Å². The van der Waals surface area contributed by atoms with Crippen molar-refractivity contribution < 1.29 is 18.6 Å². The third-order valence-corrected chi connectivity index (χ3v) is 6.38. The Balaban J connectivity index is 1.70. The summed E-state index contributed by atoms with van der Waals surface area (Å²) in [4.78, 5) is 12.3. The minimum Gasteiger partial charge on any atom is -0.497 e. The van der Waals surface area contributed by atoms with Gasteiger partial charge in [-0.3, -0.25) is 9.11 Å². The SMILES string of the molecule is COc1ccc(C2CS(O)(O)CC2NC(=O)Nc2ccc(Cl)cc2)cc1. The van der Waals surface area contributed by atoms with E-state index in [9.17, 15) is 13.9 Å². The highest BCUT2D eigenvalue weighted by molar-refractivity contribution is 8.24. The summed E-state index contributed by atoms with van der Waals surface area (Å²) in [6, 6.07) is 13.4. The Bertz CT molecular complexity index is 768. The van der Waals surface area contributed by atoms with E-state index in [-0.39, 0.29) is 23.5 Å². The van der Waals surface area contributed by atoms with Gasteiger partial charge in [0.05, 0.1) is 18.9 Å². The lowest BCUT2D eigenvalue weighted by molar-refractivity contribution is 0.248. The summed E-state index contributed by atoms with van der Waals surface area (Å²) in [6.45, 7) is 0. The summed E-state index contributed by atoms with van der Waals surface area (Å²) >= 11 is 5.84. The number of ether oxygens (including phenoxy) is 1. The molecule has 3 rings (SSSR count). The molecule has 1 heterocycles. The van der Waals surface area contributed by atoms with Gasteiger partial charge in [-0.15, -0.1) is 0 Å². The van der Waals surface area contributed by atoms with E-state index in [1.54, 1.807) is 31.4 Å². The van der Waals surface area contributed by atoms with Gasteiger partial charge in [0, 0.05) is 22.4 Å². The molecule has 1 fully saturated rings.